The Hall–Kier alpha value is -1.35. The second kappa shape index (κ2) is 6.40. The number of carbonyl (C=O) groups is 2. The van der Waals surface area contributed by atoms with Gasteiger partial charge in [-0.15, -0.1) is 0 Å². The van der Waals surface area contributed by atoms with Crippen molar-refractivity contribution in [3.63, 3.8) is 0 Å². The van der Waals surface area contributed by atoms with E-state index in [1.807, 2.05) is 6.92 Å². The number of aliphatic carboxylic acids is 1. The lowest BCUT2D eigenvalue weighted by atomic mass is 9.76. The topological polar surface area (TPSA) is 130 Å². The highest BCUT2D eigenvalue weighted by Gasteiger charge is 2.40. The molecule has 8 nitrogen and oxygen atoms in total. The van der Waals surface area contributed by atoms with Crippen molar-refractivity contribution < 1.29 is 23.1 Å². The molecular weight excluding hydrogens is 286 g/mol. The number of hydrogen-bond donors (Lipinski definition) is 3. The van der Waals surface area contributed by atoms with Gasteiger partial charge < -0.3 is 15.3 Å². The molecule has 20 heavy (non-hydrogen) atoms. The second-order valence-corrected chi connectivity index (χ2v) is 6.76. The molecule has 0 aromatic heterocycles. The van der Waals surface area contributed by atoms with Crippen LogP contribution in [0.3, 0.4) is 0 Å². The maximum atomic E-state index is 11.8. The predicted molar refractivity (Wildman–Crippen MR) is 72.5 cm³/mol. The summed E-state index contributed by atoms with van der Waals surface area (Å²) in [5.74, 6) is -1.14. The van der Waals surface area contributed by atoms with Crippen molar-refractivity contribution in [3.05, 3.63) is 0 Å². The zero-order valence-corrected chi connectivity index (χ0v) is 12.3. The number of carboxylic acids is 1. The molecule has 0 atom stereocenters. The van der Waals surface area contributed by atoms with Crippen LogP contribution < -0.4 is 10.5 Å². The Morgan fingerprint density at radius 1 is 1.35 bits per heavy atom. The molecule has 0 aliphatic carbocycles. The maximum absolute atomic E-state index is 11.8. The Morgan fingerprint density at radius 3 is 2.30 bits per heavy atom. The third kappa shape index (κ3) is 4.34. The summed E-state index contributed by atoms with van der Waals surface area (Å²) in [6, 6.07) is -0.385. The normalized spacial score (nSPS) is 18.6. The fourth-order valence-corrected chi connectivity index (χ4v) is 2.66. The smallest absolute Gasteiger partial charge is 0.317 e. The van der Waals surface area contributed by atoms with E-state index in [4.69, 9.17) is 5.14 Å². The lowest BCUT2D eigenvalue weighted by Crippen LogP contribution is -2.50. The number of likely N-dealkylation sites (tertiary alicyclic amines) is 1. The number of nitrogens with two attached hydrogens (primary N) is 1. The lowest BCUT2D eigenvalue weighted by Gasteiger charge is -2.38. The highest BCUT2D eigenvalue weighted by atomic mass is 32.2. The molecule has 1 rings (SSSR count). The van der Waals surface area contributed by atoms with Crippen LogP contribution in [0, 0.1) is 5.41 Å². The minimum absolute atomic E-state index is 0.0496. The number of rotatable bonds is 5. The first-order valence-electron chi connectivity index (χ1n) is 6.47. The van der Waals surface area contributed by atoms with Crippen molar-refractivity contribution in [2.24, 2.45) is 10.6 Å². The van der Waals surface area contributed by atoms with Crippen LogP contribution in [-0.4, -0.2) is 55.8 Å². The van der Waals surface area contributed by atoms with E-state index in [1.165, 1.54) is 4.90 Å². The van der Waals surface area contributed by atoms with E-state index in [0.717, 1.165) is 0 Å². The summed E-state index contributed by atoms with van der Waals surface area (Å²) >= 11 is 0. The van der Waals surface area contributed by atoms with Crippen LogP contribution >= 0.6 is 0 Å². The third-order valence-electron chi connectivity index (χ3n) is 3.80. The second-order valence-electron chi connectivity index (χ2n) is 5.02. The van der Waals surface area contributed by atoms with E-state index in [2.05, 4.69) is 5.32 Å². The Morgan fingerprint density at radius 2 is 1.90 bits per heavy atom. The van der Waals surface area contributed by atoms with Gasteiger partial charge in [0, 0.05) is 19.6 Å². The van der Waals surface area contributed by atoms with Gasteiger partial charge >= 0.3 is 12.0 Å². The summed E-state index contributed by atoms with van der Waals surface area (Å²) in [4.78, 5) is 24.6. The molecule has 0 unspecified atom stereocenters. The molecule has 0 saturated carbocycles. The van der Waals surface area contributed by atoms with Crippen LogP contribution in [0.2, 0.25) is 0 Å². The summed E-state index contributed by atoms with van der Waals surface area (Å²) in [7, 11) is -3.60. The molecule has 1 aliphatic rings. The first-order valence-corrected chi connectivity index (χ1v) is 8.18. The van der Waals surface area contributed by atoms with Gasteiger partial charge in [0.25, 0.3) is 0 Å². The Bertz CT molecular complexity index is 468. The van der Waals surface area contributed by atoms with Crippen molar-refractivity contribution >= 4 is 22.0 Å². The summed E-state index contributed by atoms with van der Waals surface area (Å²) in [6.07, 6.45) is 1.34. The standard InChI is InChI=1S/C11H21N3O5S/c1-2-11(9(15)16)3-6-14(7-4-11)10(17)13-5-8-20(12,18)19/h2-8H2,1H3,(H,13,17)(H,15,16)(H2,12,18,19). The van der Waals surface area contributed by atoms with Gasteiger partial charge in [0.05, 0.1) is 11.2 Å². The molecule has 116 valence electrons. The summed E-state index contributed by atoms with van der Waals surface area (Å²) in [6.45, 7) is 2.48. The number of hydrogen-bond acceptors (Lipinski definition) is 4. The van der Waals surface area contributed by atoms with E-state index < -0.39 is 21.4 Å². The van der Waals surface area contributed by atoms with E-state index in [9.17, 15) is 23.1 Å². The van der Waals surface area contributed by atoms with E-state index in [-0.39, 0.29) is 18.3 Å². The van der Waals surface area contributed by atoms with Crippen molar-refractivity contribution in [1.29, 1.82) is 0 Å². The number of primary sulfonamides is 1. The van der Waals surface area contributed by atoms with E-state index >= 15 is 0 Å². The van der Waals surface area contributed by atoms with Crippen LogP contribution in [0.4, 0.5) is 4.79 Å². The molecule has 0 bridgehead atoms. The number of piperidine rings is 1. The number of nitrogens with one attached hydrogen (secondary N) is 1. The molecule has 0 radical (unpaired) electrons. The molecule has 1 fully saturated rings. The van der Waals surface area contributed by atoms with Gasteiger partial charge in [-0.2, -0.15) is 0 Å². The van der Waals surface area contributed by atoms with Crippen LogP contribution in [0.25, 0.3) is 0 Å². The van der Waals surface area contributed by atoms with Gasteiger partial charge in [-0.25, -0.2) is 18.4 Å². The molecule has 0 aromatic rings. The Labute approximate surface area is 118 Å². The SMILES string of the molecule is CCC1(C(=O)O)CCN(C(=O)NCCS(N)(=O)=O)CC1. The molecule has 9 heteroatoms. The quantitative estimate of drug-likeness (QED) is 0.634. The van der Waals surface area contributed by atoms with Gasteiger partial charge in [-0.05, 0) is 19.3 Å². The number of amides is 2. The molecule has 0 spiro atoms. The van der Waals surface area contributed by atoms with Crippen molar-refractivity contribution in [2.75, 3.05) is 25.4 Å². The minimum atomic E-state index is -3.60. The molecule has 4 N–H and O–H groups in total. The largest absolute Gasteiger partial charge is 0.481 e. The summed E-state index contributed by atoms with van der Waals surface area (Å²) in [5, 5.41) is 16.5. The van der Waals surface area contributed by atoms with Gasteiger partial charge in [0.15, 0.2) is 0 Å². The van der Waals surface area contributed by atoms with Crippen LogP contribution in [0.5, 0.6) is 0 Å². The average Bonchev–Trinajstić information content (AvgIpc) is 2.37. The lowest BCUT2D eigenvalue weighted by molar-refractivity contribution is -0.151. The average molecular weight is 307 g/mol. The molecule has 2 amide bonds. The molecule has 1 heterocycles. The van der Waals surface area contributed by atoms with Crippen LogP contribution in [0.1, 0.15) is 26.2 Å². The van der Waals surface area contributed by atoms with Crippen molar-refractivity contribution in [2.45, 2.75) is 26.2 Å². The van der Waals surface area contributed by atoms with Crippen molar-refractivity contribution in [3.8, 4) is 0 Å². The minimum Gasteiger partial charge on any atom is -0.481 e. The fourth-order valence-electron chi connectivity index (χ4n) is 2.27. The number of urea groups is 1. The van der Waals surface area contributed by atoms with Crippen LogP contribution in [0.15, 0.2) is 0 Å². The third-order valence-corrected chi connectivity index (χ3v) is 4.57. The highest BCUT2D eigenvalue weighted by molar-refractivity contribution is 7.89. The van der Waals surface area contributed by atoms with Crippen LogP contribution in [-0.2, 0) is 14.8 Å². The van der Waals surface area contributed by atoms with E-state index in [0.29, 0.717) is 32.4 Å². The van der Waals surface area contributed by atoms with Gasteiger partial charge in [0.1, 0.15) is 0 Å². The Balaban J connectivity index is 2.45. The molecule has 0 aromatic carbocycles. The van der Waals surface area contributed by atoms with Gasteiger partial charge in [0.2, 0.25) is 10.0 Å². The van der Waals surface area contributed by atoms with Gasteiger partial charge in [-0.1, -0.05) is 6.92 Å². The Kier molecular flexibility index (Phi) is 5.35. The van der Waals surface area contributed by atoms with Gasteiger partial charge in [-0.3, -0.25) is 4.79 Å². The highest BCUT2D eigenvalue weighted by Crippen LogP contribution is 2.35. The zero-order chi connectivity index (χ0) is 15.4. The number of sulfonamides is 1. The van der Waals surface area contributed by atoms with Crippen molar-refractivity contribution in [1.82, 2.24) is 10.2 Å². The molecular formula is C11H21N3O5S. The fraction of sp³-hybridized carbons (Fsp3) is 0.818. The monoisotopic (exact) mass is 307 g/mol. The molecule has 1 aliphatic heterocycles. The number of carbonyl (C=O) groups excluding carboxylic acids is 1. The van der Waals surface area contributed by atoms with E-state index in [1.54, 1.807) is 0 Å². The molecule has 1 saturated heterocycles. The zero-order valence-electron chi connectivity index (χ0n) is 11.5. The predicted octanol–water partition coefficient (Wildman–Crippen LogP) is -0.439. The summed E-state index contributed by atoms with van der Waals surface area (Å²) in [5.41, 5.74) is -0.753. The first kappa shape index (κ1) is 16.7. The summed E-state index contributed by atoms with van der Waals surface area (Å²) < 4.78 is 21.5. The maximum Gasteiger partial charge on any atom is 0.317 e. The number of nitrogens with zero attached hydrogens (tertiary/aromatic N) is 1. The number of carboxylic acid groups (broad SMARTS) is 1. The first-order chi connectivity index (χ1) is 9.20.